The number of benzene rings is 2. The van der Waals surface area contributed by atoms with Crippen molar-refractivity contribution in [3.8, 4) is 11.4 Å². The van der Waals surface area contributed by atoms with E-state index in [1.165, 1.54) is 4.90 Å². The maximum absolute atomic E-state index is 12.7. The second-order valence-corrected chi connectivity index (χ2v) is 10.0. The predicted octanol–water partition coefficient (Wildman–Crippen LogP) is 5.21. The molecule has 1 fully saturated rings. The molecule has 1 atom stereocenters. The maximum Gasteiger partial charge on any atom is 0.241 e. The third-order valence-electron chi connectivity index (χ3n) is 5.68. The van der Waals surface area contributed by atoms with Crippen LogP contribution in [-0.4, -0.2) is 46.3 Å². The quantitative estimate of drug-likeness (QED) is 0.332. The maximum atomic E-state index is 12.7. The van der Waals surface area contributed by atoms with E-state index in [0.717, 1.165) is 47.7 Å². The van der Waals surface area contributed by atoms with Gasteiger partial charge in [-0.1, -0.05) is 40.5 Å². The van der Waals surface area contributed by atoms with Crippen LogP contribution in [0.2, 0.25) is 5.02 Å². The van der Waals surface area contributed by atoms with Crippen molar-refractivity contribution in [2.75, 3.05) is 25.4 Å². The number of rotatable bonds is 9. The lowest BCUT2D eigenvalue weighted by Crippen LogP contribution is -2.43. The lowest BCUT2D eigenvalue weighted by molar-refractivity contribution is -0.126. The van der Waals surface area contributed by atoms with Crippen LogP contribution in [0, 0.1) is 12.8 Å². The summed E-state index contributed by atoms with van der Waals surface area (Å²) in [6, 6.07) is 15.9. The lowest BCUT2D eigenvalue weighted by atomic mass is 9.97. The number of carbonyl (C=O) groups excluding carboxylic acids is 1. The minimum Gasteiger partial charge on any atom is -0.356 e. The van der Waals surface area contributed by atoms with Gasteiger partial charge in [-0.05, 0) is 68.8 Å². The fraction of sp³-hybridized carbons (Fsp3) is 0.400. The second kappa shape index (κ2) is 11.7. The average molecular weight is 485 g/mol. The largest absolute Gasteiger partial charge is 0.356 e. The highest BCUT2D eigenvalue weighted by Gasteiger charge is 2.26. The molecule has 2 heterocycles. The molecule has 1 aromatic heterocycles. The Kier molecular flexibility index (Phi) is 8.42. The number of likely N-dealkylation sites (tertiary alicyclic amines) is 1. The highest BCUT2D eigenvalue weighted by Crippen LogP contribution is 2.22. The minimum atomic E-state index is 0.00170. The van der Waals surface area contributed by atoms with E-state index < -0.39 is 0 Å². The van der Waals surface area contributed by atoms with E-state index in [2.05, 4.69) is 20.4 Å². The number of hydrogen-bond donors (Lipinski definition) is 1. The molecule has 3 aromatic rings. The highest BCUT2D eigenvalue weighted by molar-refractivity contribution is 7.99. The fourth-order valence-corrected chi connectivity index (χ4v) is 4.95. The average Bonchev–Trinajstić information content (AvgIpc) is 3.28. The highest BCUT2D eigenvalue weighted by atomic mass is 35.5. The van der Waals surface area contributed by atoms with Crippen molar-refractivity contribution in [3.05, 3.63) is 65.0 Å². The number of amides is 1. The summed E-state index contributed by atoms with van der Waals surface area (Å²) in [5, 5.41) is 7.99. The Hall–Kier alpha value is -2.35. The van der Waals surface area contributed by atoms with Gasteiger partial charge in [-0.15, -0.1) is 11.8 Å². The van der Waals surface area contributed by atoms with Crippen molar-refractivity contribution < 1.29 is 9.32 Å². The Bertz CT molecular complexity index is 1060. The molecular weight excluding hydrogens is 456 g/mol. The molecule has 1 aliphatic rings. The van der Waals surface area contributed by atoms with Crippen molar-refractivity contribution in [3.63, 3.8) is 0 Å². The van der Waals surface area contributed by atoms with Gasteiger partial charge >= 0.3 is 0 Å². The van der Waals surface area contributed by atoms with Crippen LogP contribution in [-0.2, 0) is 11.3 Å². The number of halogens is 1. The predicted molar refractivity (Wildman–Crippen MR) is 132 cm³/mol. The van der Waals surface area contributed by atoms with Crippen LogP contribution in [0.4, 0.5) is 0 Å². The Morgan fingerprint density at radius 3 is 2.94 bits per heavy atom. The molecule has 0 bridgehead atoms. The van der Waals surface area contributed by atoms with Crippen molar-refractivity contribution in [1.82, 2.24) is 20.4 Å². The van der Waals surface area contributed by atoms with Crippen LogP contribution >= 0.6 is 23.4 Å². The third-order valence-corrected chi connectivity index (χ3v) is 7.03. The molecule has 0 radical (unpaired) electrons. The first kappa shape index (κ1) is 23.8. The van der Waals surface area contributed by atoms with Gasteiger partial charge in [0, 0.05) is 28.6 Å². The molecule has 0 aliphatic carbocycles. The fourth-order valence-electron chi connectivity index (χ4n) is 3.97. The van der Waals surface area contributed by atoms with E-state index in [9.17, 15) is 4.79 Å². The van der Waals surface area contributed by atoms with Gasteiger partial charge in [-0.3, -0.25) is 9.69 Å². The monoisotopic (exact) mass is 484 g/mol. The summed E-state index contributed by atoms with van der Waals surface area (Å²) < 4.78 is 5.48. The van der Waals surface area contributed by atoms with Gasteiger partial charge in [0.25, 0.3) is 0 Å². The molecule has 1 unspecified atom stereocenters. The van der Waals surface area contributed by atoms with E-state index in [-0.39, 0.29) is 11.8 Å². The summed E-state index contributed by atoms with van der Waals surface area (Å²) in [6.07, 6.45) is 2.84. The number of carbonyl (C=O) groups is 1. The zero-order valence-corrected chi connectivity index (χ0v) is 20.4. The molecular formula is C25H29ClN4O2S. The lowest BCUT2D eigenvalue weighted by Gasteiger charge is -2.30. The van der Waals surface area contributed by atoms with Crippen LogP contribution in [0.15, 0.2) is 57.9 Å². The van der Waals surface area contributed by atoms with E-state index >= 15 is 0 Å². The molecule has 174 valence electrons. The number of aromatic nitrogens is 2. The SMILES string of the molecule is Cc1cccc(-c2noc(CN3CCCC(C(=O)NCCCSc4ccc(Cl)cc4)C3)n2)c1. The molecule has 4 rings (SSSR count). The molecule has 8 heteroatoms. The summed E-state index contributed by atoms with van der Waals surface area (Å²) in [7, 11) is 0. The van der Waals surface area contributed by atoms with E-state index in [4.69, 9.17) is 16.1 Å². The standard InChI is InChI=1S/C25H29ClN4O2S/c1-18-5-2-6-19(15-18)24-28-23(32-29-24)17-30-13-3-7-20(16-30)25(31)27-12-4-14-33-22-10-8-21(26)9-11-22/h2,5-6,8-11,15,20H,3-4,7,12-14,16-17H2,1H3,(H,27,31). The van der Waals surface area contributed by atoms with Crippen LogP contribution in [0.5, 0.6) is 0 Å². The van der Waals surface area contributed by atoms with E-state index in [1.54, 1.807) is 11.8 Å². The number of nitrogens with one attached hydrogen (secondary N) is 1. The molecule has 2 aromatic carbocycles. The van der Waals surface area contributed by atoms with Gasteiger partial charge in [0.15, 0.2) is 0 Å². The molecule has 1 N–H and O–H groups in total. The van der Waals surface area contributed by atoms with Gasteiger partial charge in [0.2, 0.25) is 17.6 Å². The van der Waals surface area contributed by atoms with Crippen molar-refractivity contribution >= 4 is 29.3 Å². The first-order valence-corrected chi connectivity index (χ1v) is 12.7. The summed E-state index contributed by atoms with van der Waals surface area (Å²) in [4.78, 5) is 20.7. The van der Waals surface area contributed by atoms with Crippen molar-refractivity contribution in [2.45, 2.75) is 37.6 Å². The molecule has 0 spiro atoms. The number of piperidine rings is 1. The molecule has 1 aliphatic heterocycles. The molecule has 33 heavy (non-hydrogen) atoms. The zero-order valence-electron chi connectivity index (χ0n) is 18.8. The Balaban J connectivity index is 1.19. The van der Waals surface area contributed by atoms with Gasteiger partial charge in [0.05, 0.1) is 12.5 Å². The molecule has 6 nitrogen and oxygen atoms in total. The Labute approximate surface area is 204 Å². The number of aryl methyl sites for hydroxylation is 1. The minimum absolute atomic E-state index is 0.00170. The molecule has 0 saturated carbocycles. The van der Waals surface area contributed by atoms with Gasteiger partial charge < -0.3 is 9.84 Å². The topological polar surface area (TPSA) is 71.3 Å². The zero-order chi connectivity index (χ0) is 23.0. The second-order valence-electron chi connectivity index (χ2n) is 8.40. The third kappa shape index (κ3) is 7.06. The molecule has 1 saturated heterocycles. The van der Waals surface area contributed by atoms with Gasteiger partial charge in [-0.2, -0.15) is 4.98 Å². The van der Waals surface area contributed by atoms with Crippen LogP contribution in [0.25, 0.3) is 11.4 Å². The Morgan fingerprint density at radius 2 is 2.12 bits per heavy atom. The molecule has 1 amide bonds. The van der Waals surface area contributed by atoms with Crippen molar-refractivity contribution in [2.24, 2.45) is 5.92 Å². The van der Waals surface area contributed by atoms with Crippen molar-refractivity contribution in [1.29, 1.82) is 0 Å². The van der Waals surface area contributed by atoms with Crippen LogP contribution < -0.4 is 5.32 Å². The number of hydrogen-bond acceptors (Lipinski definition) is 6. The summed E-state index contributed by atoms with van der Waals surface area (Å²) >= 11 is 7.70. The van der Waals surface area contributed by atoms with Crippen LogP contribution in [0.1, 0.15) is 30.7 Å². The summed E-state index contributed by atoms with van der Waals surface area (Å²) in [5.41, 5.74) is 2.11. The van der Waals surface area contributed by atoms with Gasteiger partial charge in [-0.25, -0.2) is 0 Å². The Morgan fingerprint density at radius 1 is 1.27 bits per heavy atom. The smallest absolute Gasteiger partial charge is 0.241 e. The van der Waals surface area contributed by atoms with Crippen LogP contribution in [0.3, 0.4) is 0 Å². The first-order valence-electron chi connectivity index (χ1n) is 11.3. The summed E-state index contributed by atoms with van der Waals surface area (Å²) in [5.74, 6) is 2.30. The van der Waals surface area contributed by atoms with Gasteiger partial charge in [0.1, 0.15) is 0 Å². The number of thioether (sulfide) groups is 1. The van der Waals surface area contributed by atoms with E-state index in [1.807, 2.05) is 55.5 Å². The normalized spacial score (nSPS) is 16.6. The first-order chi connectivity index (χ1) is 16.1. The summed E-state index contributed by atoms with van der Waals surface area (Å²) in [6.45, 7) is 4.96. The van der Waals surface area contributed by atoms with E-state index in [0.29, 0.717) is 31.3 Å². The number of nitrogens with zero attached hydrogens (tertiary/aromatic N) is 3.